The summed E-state index contributed by atoms with van der Waals surface area (Å²) in [6.07, 6.45) is 0.664. The summed E-state index contributed by atoms with van der Waals surface area (Å²) in [6.45, 7) is 5.77. The monoisotopic (exact) mass is 478 g/mol. The van der Waals surface area contributed by atoms with Gasteiger partial charge in [-0.15, -0.1) is 0 Å². The second-order valence-electron chi connectivity index (χ2n) is 10.0. The van der Waals surface area contributed by atoms with Gasteiger partial charge >= 0.3 is 12.1 Å². The molecule has 1 heterocycles. The van der Waals surface area contributed by atoms with Crippen molar-refractivity contribution in [2.24, 2.45) is 17.8 Å². The summed E-state index contributed by atoms with van der Waals surface area (Å²) in [5.74, 6) is -0.605. The zero-order valence-corrected chi connectivity index (χ0v) is 20.4. The van der Waals surface area contributed by atoms with Gasteiger partial charge in [-0.1, -0.05) is 62.4 Å². The molecule has 2 amide bonds. The number of carboxylic acids is 1. The molecule has 2 atom stereocenters. The van der Waals surface area contributed by atoms with Crippen LogP contribution < -0.4 is 5.32 Å². The highest BCUT2D eigenvalue weighted by atomic mass is 16.5. The second-order valence-corrected chi connectivity index (χ2v) is 10.0. The maximum Gasteiger partial charge on any atom is 0.407 e. The fraction of sp³-hybridized carbons (Fsp3) is 0.464. The lowest BCUT2D eigenvalue weighted by Gasteiger charge is -2.24. The average Bonchev–Trinajstić information content (AvgIpc) is 3.42. The highest BCUT2D eigenvalue weighted by Gasteiger charge is 2.31. The molecule has 1 fully saturated rings. The Morgan fingerprint density at radius 2 is 1.69 bits per heavy atom. The molecule has 2 N–H and O–H groups in total. The summed E-state index contributed by atoms with van der Waals surface area (Å²) in [5, 5.41) is 11.9. The first kappa shape index (κ1) is 24.8. The molecule has 2 aromatic rings. The Morgan fingerprint density at radius 1 is 1.06 bits per heavy atom. The number of alkyl carbamates (subject to hydrolysis) is 1. The molecule has 7 heteroatoms. The van der Waals surface area contributed by atoms with Crippen LogP contribution in [0.15, 0.2) is 48.5 Å². The van der Waals surface area contributed by atoms with E-state index in [2.05, 4.69) is 29.6 Å². The van der Waals surface area contributed by atoms with Gasteiger partial charge in [-0.25, -0.2) is 4.79 Å². The number of carbonyl (C=O) groups is 3. The van der Waals surface area contributed by atoms with Crippen molar-refractivity contribution in [3.05, 3.63) is 59.7 Å². The number of nitrogens with zero attached hydrogens (tertiary/aromatic N) is 1. The van der Waals surface area contributed by atoms with E-state index in [0.717, 1.165) is 6.42 Å². The molecule has 35 heavy (non-hydrogen) atoms. The van der Waals surface area contributed by atoms with Gasteiger partial charge in [-0.2, -0.15) is 0 Å². The van der Waals surface area contributed by atoms with Gasteiger partial charge in [0, 0.05) is 38.4 Å². The molecule has 0 spiro atoms. The summed E-state index contributed by atoms with van der Waals surface area (Å²) in [6, 6.07) is 16.4. The topological polar surface area (TPSA) is 95.9 Å². The van der Waals surface area contributed by atoms with Gasteiger partial charge in [0.25, 0.3) is 0 Å². The van der Waals surface area contributed by atoms with Gasteiger partial charge < -0.3 is 20.1 Å². The molecule has 7 nitrogen and oxygen atoms in total. The predicted octanol–water partition coefficient (Wildman–Crippen LogP) is 4.51. The first-order valence-electron chi connectivity index (χ1n) is 12.4. The molecule has 1 aliphatic heterocycles. The quantitative estimate of drug-likeness (QED) is 0.553. The van der Waals surface area contributed by atoms with Crippen molar-refractivity contribution in [1.82, 2.24) is 10.2 Å². The van der Waals surface area contributed by atoms with E-state index < -0.39 is 12.1 Å². The van der Waals surface area contributed by atoms with E-state index in [1.165, 1.54) is 22.3 Å². The standard InChI is InChI=1S/C28H34N2O5/c1-18(2)20(14-26(31)30-12-11-19(16-30)13-27(32)33)15-29-28(34)35-17-25-23-9-5-3-7-21(23)22-8-4-6-10-24(22)25/h3-10,18-20,25H,11-17H2,1-2H3,(H,29,34)(H,32,33). The van der Waals surface area contributed by atoms with Crippen LogP contribution in [0.1, 0.15) is 50.2 Å². The minimum atomic E-state index is -0.823. The number of fused-ring (bicyclic) bond motifs is 3. The number of nitrogens with one attached hydrogen (secondary N) is 1. The smallest absolute Gasteiger partial charge is 0.407 e. The summed E-state index contributed by atoms with van der Waals surface area (Å²) >= 11 is 0. The van der Waals surface area contributed by atoms with E-state index in [9.17, 15) is 14.4 Å². The minimum absolute atomic E-state index is 0.00420. The fourth-order valence-electron chi connectivity index (χ4n) is 5.23. The summed E-state index contributed by atoms with van der Waals surface area (Å²) in [7, 11) is 0. The van der Waals surface area contributed by atoms with E-state index >= 15 is 0 Å². The number of hydrogen-bond acceptors (Lipinski definition) is 4. The Kier molecular flexibility index (Phi) is 7.73. The maximum absolute atomic E-state index is 12.8. The SMILES string of the molecule is CC(C)C(CNC(=O)OCC1c2ccccc2-c2ccccc21)CC(=O)N1CCC(CC(=O)O)C1. The number of aliphatic carboxylic acids is 1. The lowest BCUT2D eigenvalue weighted by atomic mass is 9.92. The third-order valence-corrected chi connectivity index (χ3v) is 7.33. The highest BCUT2D eigenvalue weighted by Crippen LogP contribution is 2.44. The molecule has 186 valence electrons. The van der Waals surface area contributed by atoms with Gasteiger partial charge in [0.1, 0.15) is 6.61 Å². The number of carboxylic acid groups (broad SMARTS) is 1. The van der Waals surface area contributed by atoms with Gasteiger partial charge in [0.15, 0.2) is 0 Å². The van der Waals surface area contributed by atoms with Crippen LogP contribution in [-0.4, -0.2) is 54.2 Å². The van der Waals surface area contributed by atoms with Crippen LogP contribution in [0.4, 0.5) is 4.79 Å². The molecular formula is C28H34N2O5. The van der Waals surface area contributed by atoms with E-state index in [4.69, 9.17) is 9.84 Å². The van der Waals surface area contributed by atoms with Crippen molar-refractivity contribution >= 4 is 18.0 Å². The molecule has 1 saturated heterocycles. The lowest BCUT2D eigenvalue weighted by Crippen LogP contribution is -2.37. The Labute approximate surface area is 206 Å². The van der Waals surface area contributed by atoms with Crippen LogP contribution >= 0.6 is 0 Å². The molecule has 1 aliphatic carbocycles. The Morgan fingerprint density at radius 3 is 2.29 bits per heavy atom. The number of rotatable bonds is 9. The summed E-state index contributed by atoms with van der Waals surface area (Å²) in [4.78, 5) is 38.1. The molecule has 2 aromatic carbocycles. The van der Waals surface area contributed by atoms with Crippen molar-refractivity contribution < 1.29 is 24.2 Å². The van der Waals surface area contributed by atoms with Gasteiger partial charge in [-0.05, 0) is 46.4 Å². The third kappa shape index (κ3) is 5.84. The zero-order chi connectivity index (χ0) is 24.9. The lowest BCUT2D eigenvalue weighted by molar-refractivity contribution is -0.138. The molecule has 2 unspecified atom stereocenters. The van der Waals surface area contributed by atoms with Crippen LogP contribution in [0, 0.1) is 17.8 Å². The normalized spacial score (nSPS) is 17.7. The molecular weight excluding hydrogens is 444 g/mol. The van der Waals surface area contributed by atoms with Gasteiger partial charge in [0.05, 0.1) is 0 Å². The molecule has 0 radical (unpaired) electrons. The van der Waals surface area contributed by atoms with Crippen molar-refractivity contribution in [2.45, 2.75) is 39.0 Å². The first-order chi connectivity index (χ1) is 16.8. The van der Waals surface area contributed by atoms with Crippen LogP contribution in [0.2, 0.25) is 0 Å². The number of benzene rings is 2. The van der Waals surface area contributed by atoms with Crippen molar-refractivity contribution in [1.29, 1.82) is 0 Å². The largest absolute Gasteiger partial charge is 0.481 e. The molecule has 0 bridgehead atoms. The molecule has 0 aromatic heterocycles. The number of amides is 2. The highest BCUT2D eigenvalue weighted by molar-refractivity contribution is 5.79. The van der Waals surface area contributed by atoms with E-state index in [0.29, 0.717) is 26.1 Å². The first-order valence-corrected chi connectivity index (χ1v) is 12.4. The molecule has 0 saturated carbocycles. The van der Waals surface area contributed by atoms with Crippen LogP contribution in [0.25, 0.3) is 11.1 Å². The van der Waals surface area contributed by atoms with Crippen molar-refractivity contribution in [3.63, 3.8) is 0 Å². The number of hydrogen-bond donors (Lipinski definition) is 2. The average molecular weight is 479 g/mol. The van der Waals surface area contributed by atoms with Crippen molar-refractivity contribution in [3.8, 4) is 11.1 Å². The van der Waals surface area contributed by atoms with Crippen LogP contribution in [-0.2, 0) is 14.3 Å². The fourth-order valence-corrected chi connectivity index (χ4v) is 5.23. The minimum Gasteiger partial charge on any atom is -0.481 e. The predicted molar refractivity (Wildman–Crippen MR) is 133 cm³/mol. The van der Waals surface area contributed by atoms with E-state index in [-0.39, 0.29) is 42.6 Å². The molecule has 4 rings (SSSR count). The molecule has 2 aliphatic rings. The van der Waals surface area contributed by atoms with Gasteiger partial charge in [0.2, 0.25) is 5.91 Å². The maximum atomic E-state index is 12.8. The number of ether oxygens (including phenoxy) is 1. The van der Waals surface area contributed by atoms with Crippen LogP contribution in [0.5, 0.6) is 0 Å². The summed E-state index contributed by atoms with van der Waals surface area (Å²) < 4.78 is 5.62. The third-order valence-electron chi connectivity index (χ3n) is 7.33. The second kappa shape index (κ2) is 10.9. The zero-order valence-electron chi connectivity index (χ0n) is 20.4. The Bertz CT molecular complexity index is 1040. The van der Waals surface area contributed by atoms with Crippen molar-refractivity contribution in [2.75, 3.05) is 26.2 Å². The Balaban J connectivity index is 1.28. The number of likely N-dealkylation sites (tertiary alicyclic amines) is 1. The van der Waals surface area contributed by atoms with E-state index in [1.807, 2.05) is 38.1 Å². The number of carbonyl (C=O) groups excluding carboxylic acids is 2. The van der Waals surface area contributed by atoms with Gasteiger partial charge in [-0.3, -0.25) is 9.59 Å². The van der Waals surface area contributed by atoms with Crippen LogP contribution in [0.3, 0.4) is 0 Å². The summed E-state index contributed by atoms with van der Waals surface area (Å²) in [5.41, 5.74) is 4.70. The Hall–Kier alpha value is -3.35. The van der Waals surface area contributed by atoms with E-state index in [1.54, 1.807) is 4.90 Å².